The average Bonchev–Trinajstić information content (AvgIpc) is 3.01. The van der Waals surface area contributed by atoms with E-state index in [2.05, 4.69) is 26.2 Å². The second-order valence-corrected chi connectivity index (χ2v) is 7.70. The Morgan fingerprint density at radius 1 is 1.19 bits per heavy atom. The summed E-state index contributed by atoms with van der Waals surface area (Å²) in [4.78, 5) is 40.9. The van der Waals surface area contributed by atoms with Crippen molar-refractivity contribution in [3.8, 4) is 27.6 Å². The predicted octanol–water partition coefficient (Wildman–Crippen LogP) is 2.30. The van der Waals surface area contributed by atoms with Gasteiger partial charge in [0.25, 0.3) is 5.56 Å². The minimum absolute atomic E-state index is 0.0494. The van der Waals surface area contributed by atoms with Crippen molar-refractivity contribution in [2.45, 2.75) is 6.92 Å². The molecule has 3 aromatic rings. The fourth-order valence-electron chi connectivity index (χ4n) is 2.53. The van der Waals surface area contributed by atoms with Crippen LogP contribution in [-0.2, 0) is 18.9 Å². The van der Waals surface area contributed by atoms with Gasteiger partial charge >= 0.3 is 5.69 Å². The Bertz CT molecular complexity index is 1160. The van der Waals surface area contributed by atoms with Gasteiger partial charge in [-0.25, -0.2) is 9.78 Å². The molecule has 27 heavy (non-hydrogen) atoms. The highest BCUT2D eigenvalue weighted by atomic mass is 79.9. The first-order valence-corrected chi connectivity index (χ1v) is 9.35. The van der Waals surface area contributed by atoms with Crippen molar-refractivity contribution < 1.29 is 9.90 Å². The number of hydrogen-bond donors (Lipinski definition) is 2. The monoisotopic (exact) mass is 450 g/mol. The van der Waals surface area contributed by atoms with Crippen molar-refractivity contribution in [3.05, 3.63) is 49.6 Å². The van der Waals surface area contributed by atoms with E-state index < -0.39 is 17.1 Å². The molecule has 0 atom stereocenters. The molecule has 2 aromatic heterocycles. The lowest BCUT2D eigenvalue weighted by Gasteiger charge is -2.10. The number of halogens is 1. The third-order valence-electron chi connectivity index (χ3n) is 3.89. The fourth-order valence-corrected chi connectivity index (χ4v) is 3.86. The molecule has 0 fully saturated rings. The highest BCUT2D eigenvalue weighted by Gasteiger charge is 2.24. The van der Waals surface area contributed by atoms with Crippen molar-refractivity contribution in [2.75, 3.05) is 5.32 Å². The lowest BCUT2D eigenvalue weighted by molar-refractivity contribution is -0.114. The van der Waals surface area contributed by atoms with Crippen LogP contribution in [0.2, 0.25) is 0 Å². The van der Waals surface area contributed by atoms with Crippen molar-refractivity contribution in [1.29, 1.82) is 0 Å². The van der Waals surface area contributed by atoms with Crippen LogP contribution in [-0.4, -0.2) is 25.1 Å². The Kier molecular flexibility index (Phi) is 5.03. The number of aromatic nitrogens is 3. The minimum atomic E-state index is -0.646. The van der Waals surface area contributed by atoms with E-state index in [0.717, 1.165) is 24.9 Å². The van der Waals surface area contributed by atoms with Crippen LogP contribution in [0.3, 0.4) is 0 Å². The molecule has 8 nitrogen and oxygen atoms in total. The SMILES string of the molecule is CC(=O)Nc1nc(-c2ccc(Br)cc2)c(-c2c(O)n(C)c(=O)n(C)c2=O)s1. The highest BCUT2D eigenvalue weighted by Crippen LogP contribution is 2.40. The standard InChI is InChI=1S/C17H15BrN4O4S/c1-8(23)19-16-20-12(9-4-6-10(18)7-5-9)13(27-16)11-14(24)21(2)17(26)22(3)15(11)25/h4-7,24H,1-3H3,(H,19,20,23). The lowest BCUT2D eigenvalue weighted by atomic mass is 10.1. The number of benzene rings is 1. The molecule has 0 saturated carbocycles. The van der Waals surface area contributed by atoms with Gasteiger partial charge in [-0.15, -0.1) is 0 Å². The van der Waals surface area contributed by atoms with E-state index in [-0.39, 0.29) is 16.6 Å². The fraction of sp³-hybridized carbons (Fsp3) is 0.176. The minimum Gasteiger partial charge on any atom is -0.494 e. The molecule has 0 radical (unpaired) electrons. The van der Waals surface area contributed by atoms with E-state index in [0.29, 0.717) is 16.1 Å². The summed E-state index contributed by atoms with van der Waals surface area (Å²) in [5.41, 5.74) is -0.227. The molecule has 0 aliphatic carbocycles. The lowest BCUT2D eigenvalue weighted by Crippen LogP contribution is -2.37. The topological polar surface area (TPSA) is 106 Å². The first-order chi connectivity index (χ1) is 12.7. The van der Waals surface area contributed by atoms with Crippen LogP contribution in [0, 0.1) is 0 Å². The van der Waals surface area contributed by atoms with Crippen LogP contribution < -0.4 is 16.6 Å². The van der Waals surface area contributed by atoms with Crippen LogP contribution in [0.1, 0.15) is 6.92 Å². The predicted molar refractivity (Wildman–Crippen MR) is 107 cm³/mol. The first-order valence-electron chi connectivity index (χ1n) is 7.74. The number of carbonyl (C=O) groups excluding carboxylic acids is 1. The smallest absolute Gasteiger partial charge is 0.333 e. The number of carbonyl (C=O) groups is 1. The Balaban J connectivity index is 2.35. The van der Waals surface area contributed by atoms with E-state index >= 15 is 0 Å². The Morgan fingerprint density at radius 2 is 1.81 bits per heavy atom. The van der Waals surface area contributed by atoms with Gasteiger partial charge in [-0.05, 0) is 12.1 Å². The normalized spacial score (nSPS) is 10.8. The van der Waals surface area contributed by atoms with E-state index in [1.807, 2.05) is 12.1 Å². The maximum absolute atomic E-state index is 12.7. The number of hydrogen-bond acceptors (Lipinski definition) is 6. The molecular weight excluding hydrogens is 436 g/mol. The molecule has 2 N–H and O–H groups in total. The van der Waals surface area contributed by atoms with Gasteiger partial charge in [-0.1, -0.05) is 39.4 Å². The number of nitrogens with one attached hydrogen (secondary N) is 1. The van der Waals surface area contributed by atoms with Gasteiger partial charge in [0.05, 0.1) is 10.6 Å². The molecule has 1 amide bonds. The van der Waals surface area contributed by atoms with Crippen LogP contribution >= 0.6 is 27.3 Å². The third kappa shape index (κ3) is 3.45. The molecule has 0 saturated heterocycles. The van der Waals surface area contributed by atoms with Crippen molar-refractivity contribution in [3.63, 3.8) is 0 Å². The maximum Gasteiger partial charge on any atom is 0.333 e. The van der Waals surface area contributed by atoms with E-state index in [1.54, 1.807) is 12.1 Å². The number of aromatic hydroxyl groups is 1. The summed E-state index contributed by atoms with van der Waals surface area (Å²) in [6, 6.07) is 7.22. The summed E-state index contributed by atoms with van der Waals surface area (Å²) in [5.74, 6) is -0.769. The summed E-state index contributed by atoms with van der Waals surface area (Å²) in [6.07, 6.45) is 0. The van der Waals surface area contributed by atoms with Crippen molar-refractivity contribution in [2.24, 2.45) is 14.1 Å². The van der Waals surface area contributed by atoms with Crippen LogP contribution in [0.5, 0.6) is 5.88 Å². The van der Waals surface area contributed by atoms with Gasteiger partial charge in [-0.3, -0.25) is 18.7 Å². The van der Waals surface area contributed by atoms with Gasteiger partial charge in [0.2, 0.25) is 11.8 Å². The number of nitrogens with zero attached hydrogens (tertiary/aromatic N) is 3. The number of anilines is 1. The van der Waals surface area contributed by atoms with Gasteiger partial charge in [-0.2, -0.15) is 0 Å². The summed E-state index contributed by atoms with van der Waals surface area (Å²) in [6.45, 7) is 1.35. The number of amides is 1. The molecule has 140 valence electrons. The molecular formula is C17H15BrN4O4S. The summed E-state index contributed by atoms with van der Waals surface area (Å²) >= 11 is 4.41. The summed E-state index contributed by atoms with van der Waals surface area (Å²) in [7, 11) is 2.71. The van der Waals surface area contributed by atoms with Crippen molar-refractivity contribution in [1.82, 2.24) is 14.1 Å². The zero-order chi connectivity index (χ0) is 19.9. The summed E-state index contributed by atoms with van der Waals surface area (Å²) < 4.78 is 2.77. The van der Waals surface area contributed by atoms with Gasteiger partial charge in [0, 0.05) is 31.1 Å². The number of rotatable bonds is 3. The first kappa shape index (κ1) is 19.1. The van der Waals surface area contributed by atoms with E-state index in [1.165, 1.54) is 21.0 Å². The molecule has 0 spiro atoms. The number of thiazole rings is 1. The average molecular weight is 451 g/mol. The molecule has 2 heterocycles. The van der Waals surface area contributed by atoms with E-state index in [4.69, 9.17) is 0 Å². The van der Waals surface area contributed by atoms with Gasteiger partial charge in [0.15, 0.2) is 5.13 Å². The molecule has 0 aliphatic rings. The molecule has 10 heteroatoms. The molecule has 1 aromatic carbocycles. The van der Waals surface area contributed by atoms with Crippen LogP contribution in [0.25, 0.3) is 21.7 Å². The summed E-state index contributed by atoms with van der Waals surface area (Å²) in [5, 5.41) is 13.4. The zero-order valence-electron chi connectivity index (χ0n) is 14.6. The third-order valence-corrected chi connectivity index (χ3v) is 5.41. The zero-order valence-corrected chi connectivity index (χ0v) is 17.0. The van der Waals surface area contributed by atoms with Gasteiger partial charge in [0.1, 0.15) is 5.56 Å². The molecule has 0 aliphatic heterocycles. The molecule has 0 unspecified atom stereocenters. The van der Waals surface area contributed by atoms with Gasteiger partial charge < -0.3 is 10.4 Å². The molecule has 0 bridgehead atoms. The quantitative estimate of drug-likeness (QED) is 0.636. The Hall–Kier alpha value is -2.72. The Morgan fingerprint density at radius 3 is 2.41 bits per heavy atom. The van der Waals surface area contributed by atoms with Crippen molar-refractivity contribution >= 4 is 38.3 Å². The maximum atomic E-state index is 12.7. The van der Waals surface area contributed by atoms with Crippen LogP contribution in [0.4, 0.5) is 5.13 Å². The highest BCUT2D eigenvalue weighted by molar-refractivity contribution is 9.10. The van der Waals surface area contributed by atoms with Crippen LogP contribution in [0.15, 0.2) is 38.3 Å². The van der Waals surface area contributed by atoms with E-state index in [9.17, 15) is 19.5 Å². The Labute approximate surface area is 165 Å². The largest absolute Gasteiger partial charge is 0.494 e. The second-order valence-electron chi connectivity index (χ2n) is 5.79. The second kappa shape index (κ2) is 7.12. The molecule has 3 rings (SSSR count).